The molecule has 0 bridgehead atoms. The predicted molar refractivity (Wildman–Crippen MR) is 73.3 cm³/mol. The average Bonchev–Trinajstić information content (AvgIpc) is 2.56. The van der Waals surface area contributed by atoms with Gasteiger partial charge >= 0.3 is 5.63 Å². The number of H-pyrrole nitrogens is 1. The zero-order valence-electron chi connectivity index (χ0n) is 11.0. The maximum Gasteiger partial charge on any atom is 0.336 e. The highest BCUT2D eigenvalue weighted by Crippen LogP contribution is 2.33. The van der Waals surface area contributed by atoms with Crippen LogP contribution in [0.25, 0.3) is 21.9 Å². The second-order valence-electron chi connectivity index (χ2n) is 4.94. The van der Waals surface area contributed by atoms with Crippen molar-refractivity contribution >= 4 is 21.9 Å². The fourth-order valence-electron chi connectivity index (χ4n) is 2.65. The highest BCUT2D eigenvalue weighted by molar-refractivity contribution is 6.09. The smallest absolute Gasteiger partial charge is 0.336 e. The first kappa shape index (κ1) is 11.1. The van der Waals surface area contributed by atoms with E-state index in [9.17, 15) is 4.79 Å². The SMILES string of the molecule is Cc1[nH]c2c(C)cc3oc(=O)cc(C)c3c2c1C. The van der Waals surface area contributed by atoms with Crippen molar-refractivity contribution < 1.29 is 4.42 Å². The van der Waals surface area contributed by atoms with E-state index < -0.39 is 0 Å². The standard InChI is InChI=1S/C15H15NO2/c1-7-6-12(17)18-11-5-8(2)15-14(13(7)11)9(3)10(4)16-15/h5-6,16H,1-4H3. The Hall–Kier alpha value is -2.03. The second-order valence-corrected chi connectivity index (χ2v) is 4.94. The zero-order valence-corrected chi connectivity index (χ0v) is 11.0. The highest BCUT2D eigenvalue weighted by Gasteiger charge is 2.14. The van der Waals surface area contributed by atoms with E-state index in [1.165, 1.54) is 10.9 Å². The molecule has 0 radical (unpaired) electrons. The first-order valence-corrected chi connectivity index (χ1v) is 6.02. The van der Waals surface area contributed by atoms with Crippen molar-refractivity contribution in [3.05, 3.63) is 44.9 Å². The molecule has 0 aliphatic heterocycles. The van der Waals surface area contributed by atoms with Gasteiger partial charge < -0.3 is 9.40 Å². The third kappa shape index (κ3) is 1.33. The zero-order chi connectivity index (χ0) is 13.0. The maximum atomic E-state index is 11.5. The van der Waals surface area contributed by atoms with Gasteiger partial charge in [0.15, 0.2) is 0 Å². The van der Waals surface area contributed by atoms with Gasteiger partial charge in [0.1, 0.15) is 5.58 Å². The van der Waals surface area contributed by atoms with E-state index in [4.69, 9.17) is 4.42 Å². The van der Waals surface area contributed by atoms with Gasteiger partial charge in [-0.3, -0.25) is 0 Å². The van der Waals surface area contributed by atoms with Crippen LogP contribution < -0.4 is 5.63 Å². The van der Waals surface area contributed by atoms with Crippen LogP contribution >= 0.6 is 0 Å². The number of hydrogen-bond donors (Lipinski definition) is 1. The molecule has 0 atom stereocenters. The predicted octanol–water partition coefficient (Wildman–Crippen LogP) is 3.51. The van der Waals surface area contributed by atoms with Crippen LogP contribution in [0.15, 0.2) is 21.3 Å². The largest absolute Gasteiger partial charge is 0.423 e. The molecule has 0 unspecified atom stereocenters. The van der Waals surface area contributed by atoms with E-state index >= 15 is 0 Å². The minimum absolute atomic E-state index is 0.288. The third-order valence-electron chi connectivity index (χ3n) is 3.68. The molecule has 0 aliphatic carbocycles. The summed E-state index contributed by atoms with van der Waals surface area (Å²) in [6.07, 6.45) is 0. The molecule has 0 spiro atoms. The number of nitrogens with one attached hydrogen (secondary N) is 1. The molecule has 0 aliphatic rings. The monoisotopic (exact) mass is 241 g/mol. The fraction of sp³-hybridized carbons (Fsp3) is 0.267. The van der Waals surface area contributed by atoms with E-state index in [1.807, 2.05) is 19.9 Å². The van der Waals surface area contributed by atoms with Crippen molar-refractivity contribution in [1.29, 1.82) is 0 Å². The van der Waals surface area contributed by atoms with Crippen molar-refractivity contribution in [1.82, 2.24) is 4.98 Å². The highest BCUT2D eigenvalue weighted by atomic mass is 16.4. The van der Waals surface area contributed by atoms with E-state index in [1.54, 1.807) is 6.07 Å². The summed E-state index contributed by atoms with van der Waals surface area (Å²) in [5.41, 5.74) is 5.96. The normalized spacial score (nSPS) is 11.6. The van der Waals surface area contributed by atoms with Crippen molar-refractivity contribution in [2.45, 2.75) is 27.7 Å². The van der Waals surface area contributed by atoms with Crippen LogP contribution in [0.4, 0.5) is 0 Å². The topological polar surface area (TPSA) is 46.0 Å². The van der Waals surface area contributed by atoms with Crippen LogP contribution in [0.2, 0.25) is 0 Å². The molecular weight excluding hydrogens is 226 g/mol. The molecule has 3 aromatic rings. The third-order valence-corrected chi connectivity index (χ3v) is 3.68. The maximum absolute atomic E-state index is 11.5. The van der Waals surface area contributed by atoms with Crippen LogP contribution in [-0.4, -0.2) is 4.98 Å². The lowest BCUT2D eigenvalue weighted by molar-refractivity contribution is 0.560. The minimum atomic E-state index is -0.288. The Morgan fingerprint density at radius 1 is 1.00 bits per heavy atom. The Morgan fingerprint density at radius 3 is 2.44 bits per heavy atom. The summed E-state index contributed by atoms with van der Waals surface area (Å²) in [6, 6.07) is 3.49. The number of benzene rings is 1. The number of hydrogen-bond acceptors (Lipinski definition) is 2. The quantitative estimate of drug-likeness (QED) is 0.612. The Morgan fingerprint density at radius 2 is 1.72 bits per heavy atom. The van der Waals surface area contributed by atoms with E-state index in [0.717, 1.165) is 27.7 Å². The molecule has 92 valence electrons. The lowest BCUT2D eigenvalue weighted by Crippen LogP contribution is -1.98. The number of aryl methyl sites for hydroxylation is 4. The van der Waals surface area contributed by atoms with Crippen LogP contribution in [0.5, 0.6) is 0 Å². The van der Waals surface area contributed by atoms with Gasteiger partial charge in [-0.25, -0.2) is 4.79 Å². The summed E-state index contributed by atoms with van der Waals surface area (Å²) in [5.74, 6) is 0. The van der Waals surface area contributed by atoms with Crippen molar-refractivity contribution in [2.24, 2.45) is 0 Å². The number of aromatic amines is 1. The molecule has 1 N–H and O–H groups in total. The van der Waals surface area contributed by atoms with Crippen LogP contribution in [0.1, 0.15) is 22.4 Å². The van der Waals surface area contributed by atoms with Gasteiger partial charge in [-0.2, -0.15) is 0 Å². The van der Waals surface area contributed by atoms with Crippen LogP contribution in [0, 0.1) is 27.7 Å². The van der Waals surface area contributed by atoms with Gasteiger partial charge in [-0.1, -0.05) is 0 Å². The summed E-state index contributed by atoms with van der Waals surface area (Å²) < 4.78 is 5.33. The molecule has 3 heteroatoms. The fourth-order valence-corrected chi connectivity index (χ4v) is 2.65. The molecule has 0 saturated heterocycles. The van der Waals surface area contributed by atoms with Gasteiger partial charge in [0.05, 0.1) is 0 Å². The second kappa shape index (κ2) is 3.48. The van der Waals surface area contributed by atoms with E-state index in [0.29, 0.717) is 5.58 Å². The Balaban J connectivity index is 2.72. The number of fused-ring (bicyclic) bond motifs is 3. The van der Waals surface area contributed by atoms with Gasteiger partial charge in [-0.15, -0.1) is 0 Å². The van der Waals surface area contributed by atoms with Crippen molar-refractivity contribution in [3.8, 4) is 0 Å². The Labute approximate surface area is 104 Å². The van der Waals surface area contributed by atoms with Crippen LogP contribution in [0.3, 0.4) is 0 Å². The molecule has 3 nitrogen and oxygen atoms in total. The molecule has 3 rings (SSSR count). The van der Waals surface area contributed by atoms with Crippen molar-refractivity contribution in [2.75, 3.05) is 0 Å². The summed E-state index contributed by atoms with van der Waals surface area (Å²) in [4.78, 5) is 14.9. The molecule has 18 heavy (non-hydrogen) atoms. The Kier molecular flexibility index (Phi) is 2.14. The Bertz CT molecular complexity index is 837. The first-order valence-electron chi connectivity index (χ1n) is 6.02. The summed E-state index contributed by atoms with van der Waals surface area (Å²) in [5, 5.41) is 2.21. The van der Waals surface area contributed by atoms with Crippen LogP contribution in [-0.2, 0) is 0 Å². The summed E-state index contributed by atoms with van der Waals surface area (Å²) in [7, 11) is 0. The molecule has 0 amide bonds. The van der Waals surface area contributed by atoms with Crippen molar-refractivity contribution in [3.63, 3.8) is 0 Å². The number of rotatable bonds is 0. The lowest BCUT2D eigenvalue weighted by atomic mass is 10.0. The summed E-state index contributed by atoms with van der Waals surface area (Å²) >= 11 is 0. The van der Waals surface area contributed by atoms with E-state index in [2.05, 4.69) is 18.8 Å². The van der Waals surface area contributed by atoms with Gasteiger partial charge in [0.2, 0.25) is 0 Å². The lowest BCUT2D eigenvalue weighted by Gasteiger charge is -2.05. The van der Waals surface area contributed by atoms with Gasteiger partial charge in [0.25, 0.3) is 0 Å². The minimum Gasteiger partial charge on any atom is -0.423 e. The molecular formula is C15H15NO2. The average molecular weight is 241 g/mol. The number of aromatic nitrogens is 1. The molecule has 0 saturated carbocycles. The molecule has 0 fully saturated rings. The first-order chi connectivity index (χ1) is 8.49. The molecule has 2 heterocycles. The molecule has 2 aromatic heterocycles. The molecule has 1 aromatic carbocycles. The van der Waals surface area contributed by atoms with Gasteiger partial charge in [0, 0.05) is 28.0 Å². The summed E-state index contributed by atoms with van der Waals surface area (Å²) in [6.45, 7) is 8.14. The van der Waals surface area contributed by atoms with Gasteiger partial charge in [-0.05, 0) is 50.5 Å². The van der Waals surface area contributed by atoms with E-state index in [-0.39, 0.29) is 5.63 Å².